The number of hydrogen-bond donors (Lipinski definition) is 1. The van der Waals surface area contributed by atoms with E-state index in [1.807, 2.05) is 45.0 Å². The second-order valence-corrected chi connectivity index (χ2v) is 5.88. The molecule has 0 fully saturated rings. The van der Waals surface area contributed by atoms with Crippen LogP contribution in [0.4, 0.5) is 0 Å². The van der Waals surface area contributed by atoms with E-state index < -0.39 is 5.97 Å². The molecule has 1 aromatic heterocycles. The second-order valence-electron chi connectivity index (χ2n) is 5.88. The van der Waals surface area contributed by atoms with Crippen LogP contribution in [0.15, 0.2) is 36.4 Å². The van der Waals surface area contributed by atoms with Gasteiger partial charge in [-0.15, -0.1) is 0 Å². The molecule has 0 aliphatic rings. The molecule has 1 aromatic carbocycles. The molecule has 2 rings (SSSR count). The van der Waals surface area contributed by atoms with Crippen molar-refractivity contribution in [1.82, 2.24) is 4.98 Å². The molecule has 0 spiro atoms. The van der Waals surface area contributed by atoms with Gasteiger partial charge in [-0.2, -0.15) is 0 Å². The second kappa shape index (κ2) is 5.56. The fourth-order valence-electron chi connectivity index (χ4n) is 2.13. The van der Waals surface area contributed by atoms with Crippen LogP contribution < -0.4 is 4.74 Å². The van der Waals surface area contributed by atoms with Crippen LogP contribution >= 0.6 is 0 Å². The molecule has 0 saturated heterocycles. The first-order valence-electron chi connectivity index (χ1n) is 6.72. The zero-order chi connectivity index (χ0) is 15.6. The lowest BCUT2D eigenvalue weighted by Crippen LogP contribution is -2.19. The van der Waals surface area contributed by atoms with Crippen molar-refractivity contribution in [2.75, 3.05) is 7.11 Å². The lowest BCUT2D eigenvalue weighted by molar-refractivity contribution is 0.0693. The third kappa shape index (κ3) is 3.21. The molecule has 0 amide bonds. The number of aromatic nitrogens is 1. The SMILES string of the molecule is COc1ccc(-c2ccc(C(=O)O)c(C(C)(C)C)n2)cc1. The molecule has 1 heterocycles. The highest BCUT2D eigenvalue weighted by molar-refractivity contribution is 5.89. The fourth-order valence-corrected chi connectivity index (χ4v) is 2.13. The van der Waals surface area contributed by atoms with Gasteiger partial charge in [-0.1, -0.05) is 20.8 Å². The van der Waals surface area contributed by atoms with Crippen LogP contribution in [0.25, 0.3) is 11.3 Å². The fraction of sp³-hybridized carbons (Fsp3) is 0.294. The molecule has 110 valence electrons. The molecule has 0 bridgehead atoms. The molecule has 0 atom stereocenters. The van der Waals surface area contributed by atoms with Crippen molar-refractivity contribution in [3.8, 4) is 17.0 Å². The van der Waals surface area contributed by atoms with Gasteiger partial charge >= 0.3 is 5.97 Å². The van der Waals surface area contributed by atoms with Gasteiger partial charge in [-0.25, -0.2) is 4.79 Å². The molecular weight excluding hydrogens is 266 g/mol. The first-order valence-corrected chi connectivity index (χ1v) is 6.72. The maximum atomic E-state index is 11.3. The zero-order valence-electron chi connectivity index (χ0n) is 12.7. The molecule has 0 radical (unpaired) electrons. The van der Waals surface area contributed by atoms with Crippen molar-refractivity contribution < 1.29 is 14.6 Å². The number of carbonyl (C=O) groups is 1. The highest BCUT2D eigenvalue weighted by Crippen LogP contribution is 2.28. The summed E-state index contributed by atoms with van der Waals surface area (Å²) >= 11 is 0. The average molecular weight is 285 g/mol. The number of rotatable bonds is 3. The molecule has 2 aromatic rings. The van der Waals surface area contributed by atoms with Gasteiger partial charge in [0, 0.05) is 11.0 Å². The third-order valence-corrected chi connectivity index (χ3v) is 3.22. The predicted octanol–water partition coefficient (Wildman–Crippen LogP) is 3.75. The molecule has 0 aliphatic carbocycles. The molecule has 1 N–H and O–H groups in total. The van der Waals surface area contributed by atoms with Gasteiger partial charge in [-0.05, 0) is 36.4 Å². The summed E-state index contributed by atoms with van der Waals surface area (Å²) in [5, 5.41) is 9.30. The number of methoxy groups -OCH3 is 1. The molecule has 4 nitrogen and oxygen atoms in total. The van der Waals surface area contributed by atoms with E-state index in [9.17, 15) is 9.90 Å². The summed E-state index contributed by atoms with van der Waals surface area (Å²) in [6.07, 6.45) is 0. The number of hydrogen-bond acceptors (Lipinski definition) is 3. The number of aromatic carboxylic acids is 1. The van der Waals surface area contributed by atoms with E-state index in [4.69, 9.17) is 4.74 Å². The Kier molecular flexibility index (Phi) is 3.98. The quantitative estimate of drug-likeness (QED) is 0.933. The number of carboxylic acid groups (broad SMARTS) is 1. The van der Waals surface area contributed by atoms with Crippen LogP contribution in [0.2, 0.25) is 0 Å². The summed E-state index contributed by atoms with van der Waals surface area (Å²) in [5.41, 5.74) is 2.19. The Hall–Kier alpha value is -2.36. The summed E-state index contributed by atoms with van der Waals surface area (Å²) < 4.78 is 5.14. The molecule has 0 aliphatic heterocycles. The van der Waals surface area contributed by atoms with Crippen molar-refractivity contribution in [3.63, 3.8) is 0 Å². The maximum Gasteiger partial charge on any atom is 0.337 e. The van der Waals surface area contributed by atoms with Crippen molar-refractivity contribution in [2.45, 2.75) is 26.2 Å². The van der Waals surface area contributed by atoms with E-state index >= 15 is 0 Å². The minimum absolute atomic E-state index is 0.250. The van der Waals surface area contributed by atoms with Crippen molar-refractivity contribution >= 4 is 5.97 Å². The van der Waals surface area contributed by atoms with Gasteiger partial charge in [0.2, 0.25) is 0 Å². The Morgan fingerprint density at radius 3 is 2.19 bits per heavy atom. The van der Waals surface area contributed by atoms with E-state index in [-0.39, 0.29) is 11.0 Å². The van der Waals surface area contributed by atoms with E-state index in [0.29, 0.717) is 5.69 Å². The maximum absolute atomic E-state index is 11.3. The third-order valence-electron chi connectivity index (χ3n) is 3.22. The lowest BCUT2D eigenvalue weighted by atomic mass is 9.88. The van der Waals surface area contributed by atoms with Crippen LogP contribution in [-0.4, -0.2) is 23.2 Å². The van der Waals surface area contributed by atoms with Crippen LogP contribution in [-0.2, 0) is 5.41 Å². The van der Waals surface area contributed by atoms with Gasteiger partial charge < -0.3 is 9.84 Å². The zero-order valence-corrected chi connectivity index (χ0v) is 12.7. The van der Waals surface area contributed by atoms with Gasteiger partial charge in [0.05, 0.1) is 24.1 Å². The van der Waals surface area contributed by atoms with Crippen LogP contribution in [0, 0.1) is 0 Å². The summed E-state index contributed by atoms with van der Waals surface area (Å²) in [6, 6.07) is 10.9. The summed E-state index contributed by atoms with van der Waals surface area (Å²) in [6.45, 7) is 5.87. The summed E-state index contributed by atoms with van der Waals surface area (Å²) in [7, 11) is 1.62. The van der Waals surface area contributed by atoms with E-state index in [1.54, 1.807) is 19.2 Å². The van der Waals surface area contributed by atoms with E-state index in [1.165, 1.54) is 0 Å². The van der Waals surface area contributed by atoms with Crippen LogP contribution in [0.3, 0.4) is 0 Å². The molecular formula is C17H19NO3. The number of nitrogens with zero attached hydrogens (tertiary/aromatic N) is 1. The van der Waals surface area contributed by atoms with Crippen molar-refractivity contribution in [1.29, 1.82) is 0 Å². The number of carboxylic acids is 1. The standard InChI is InChI=1S/C17H19NO3/c1-17(2,3)15-13(16(19)20)9-10-14(18-15)11-5-7-12(21-4)8-6-11/h5-10H,1-4H3,(H,19,20). The highest BCUT2D eigenvalue weighted by atomic mass is 16.5. The Morgan fingerprint density at radius 1 is 1.10 bits per heavy atom. The van der Waals surface area contributed by atoms with Crippen LogP contribution in [0.1, 0.15) is 36.8 Å². The first-order chi connectivity index (χ1) is 9.82. The number of ether oxygens (including phenoxy) is 1. The van der Waals surface area contributed by atoms with Gasteiger partial charge in [0.1, 0.15) is 5.75 Å². The predicted molar refractivity (Wildman–Crippen MR) is 81.9 cm³/mol. The Bertz CT molecular complexity index is 655. The molecule has 21 heavy (non-hydrogen) atoms. The topological polar surface area (TPSA) is 59.4 Å². The van der Waals surface area contributed by atoms with Gasteiger partial charge in [0.15, 0.2) is 0 Å². The van der Waals surface area contributed by atoms with E-state index in [0.717, 1.165) is 17.0 Å². The summed E-state index contributed by atoms with van der Waals surface area (Å²) in [4.78, 5) is 15.9. The number of benzene rings is 1. The van der Waals surface area contributed by atoms with Gasteiger partial charge in [0.25, 0.3) is 0 Å². The van der Waals surface area contributed by atoms with E-state index in [2.05, 4.69) is 4.98 Å². The number of pyridine rings is 1. The normalized spacial score (nSPS) is 11.2. The Morgan fingerprint density at radius 2 is 1.71 bits per heavy atom. The van der Waals surface area contributed by atoms with Gasteiger partial charge in [-0.3, -0.25) is 4.98 Å². The summed E-state index contributed by atoms with van der Waals surface area (Å²) in [5.74, 6) is -0.175. The average Bonchev–Trinajstić information content (AvgIpc) is 2.45. The monoisotopic (exact) mass is 285 g/mol. The van der Waals surface area contributed by atoms with Crippen LogP contribution in [0.5, 0.6) is 5.75 Å². The molecule has 0 unspecified atom stereocenters. The Balaban J connectivity index is 2.53. The van der Waals surface area contributed by atoms with Crippen molar-refractivity contribution in [2.24, 2.45) is 0 Å². The molecule has 0 saturated carbocycles. The minimum Gasteiger partial charge on any atom is -0.497 e. The van der Waals surface area contributed by atoms with Crippen molar-refractivity contribution in [3.05, 3.63) is 47.7 Å². The highest BCUT2D eigenvalue weighted by Gasteiger charge is 2.24. The molecule has 4 heteroatoms. The lowest BCUT2D eigenvalue weighted by Gasteiger charge is -2.21. The Labute approximate surface area is 124 Å². The minimum atomic E-state index is -0.950. The largest absolute Gasteiger partial charge is 0.497 e. The first kappa shape index (κ1) is 15.0. The smallest absolute Gasteiger partial charge is 0.337 e.